The molecule has 3 N–H and O–H groups in total. The fraction of sp³-hybridized carbons (Fsp3) is 0.600. The Balaban J connectivity index is 1.75. The minimum Gasteiger partial charge on any atom is -0.327 e. The van der Waals surface area contributed by atoms with Gasteiger partial charge in [-0.1, -0.05) is 0 Å². The summed E-state index contributed by atoms with van der Waals surface area (Å²) in [7, 11) is 0. The molecule has 2 bridgehead atoms. The lowest BCUT2D eigenvalue weighted by Gasteiger charge is -2.27. The number of amides is 1. The van der Waals surface area contributed by atoms with E-state index in [9.17, 15) is 4.79 Å². The van der Waals surface area contributed by atoms with Crippen LogP contribution >= 0.6 is 0 Å². The molecule has 0 aliphatic heterocycles. The molecule has 2 aliphatic rings. The van der Waals surface area contributed by atoms with Crippen molar-refractivity contribution in [2.24, 2.45) is 23.5 Å². The highest BCUT2D eigenvalue weighted by Gasteiger charge is 2.49. The first kappa shape index (κ1) is 12.6. The van der Waals surface area contributed by atoms with Gasteiger partial charge in [-0.05, 0) is 57.1 Å². The van der Waals surface area contributed by atoms with E-state index in [1.807, 2.05) is 26.0 Å². The lowest BCUT2D eigenvalue weighted by atomic mass is 9.84. The number of anilines is 1. The second-order valence-corrected chi connectivity index (χ2v) is 6.01. The van der Waals surface area contributed by atoms with E-state index in [1.54, 1.807) is 0 Å². The summed E-state index contributed by atoms with van der Waals surface area (Å²) in [5.41, 5.74) is 8.85. The van der Waals surface area contributed by atoms with E-state index in [0.29, 0.717) is 11.8 Å². The van der Waals surface area contributed by atoms with Crippen molar-refractivity contribution in [1.82, 2.24) is 4.98 Å². The number of aromatic nitrogens is 1. The molecular formula is C15H21N3O. The van der Waals surface area contributed by atoms with Crippen LogP contribution in [0.25, 0.3) is 0 Å². The van der Waals surface area contributed by atoms with E-state index in [4.69, 9.17) is 5.73 Å². The van der Waals surface area contributed by atoms with E-state index in [1.165, 1.54) is 6.42 Å². The van der Waals surface area contributed by atoms with Crippen molar-refractivity contribution in [3.05, 3.63) is 23.5 Å². The first-order chi connectivity index (χ1) is 9.06. The molecule has 1 aromatic rings. The Hall–Kier alpha value is -1.42. The van der Waals surface area contributed by atoms with Gasteiger partial charge in [-0.25, -0.2) is 0 Å². The van der Waals surface area contributed by atoms with Gasteiger partial charge < -0.3 is 11.1 Å². The molecule has 2 aliphatic carbocycles. The summed E-state index contributed by atoms with van der Waals surface area (Å²) in [5, 5.41) is 3.01. The minimum atomic E-state index is -0.0144. The van der Waals surface area contributed by atoms with Gasteiger partial charge in [0.15, 0.2) is 0 Å². The van der Waals surface area contributed by atoms with Crippen molar-refractivity contribution in [2.75, 3.05) is 5.32 Å². The largest absolute Gasteiger partial charge is 0.327 e. The van der Waals surface area contributed by atoms with Crippen LogP contribution in [0.2, 0.25) is 0 Å². The van der Waals surface area contributed by atoms with E-state index < -0.39 is 0 Å². The zero-order chi connectivity index (χ0) is 13.6. The van der Waals surface area contributed by atoms with Crippen molar-refractivity contribution in [3.8, 4) is 0 Å². The number of nitrogens with one attached hydrogen (secondary N) is 1. The summed E-state index contributed by atoms with van der Waals surface area (Å²) in [6.07, 6.45) is 3.48. The van der Waals surface area contributed by atoms with Gasteiger partial charge in [0.05, 0.1) is 17.3 Å². The van der Waals surface area contributed by atoms with Crippen molar-refractivity contribution in [1.29, 1.82) is 0 Å². The van der Waals surface area contributed by atoms with Gasteiger partial charge in [-0.15, -0.1) is 0 Å². The molecular weight excluding hydrogens is 238 g/mol. The molecule has 19 heavy (non-hydrogen) atoms. The summed E-state index contributed by atoms with van der Waals surface area (Å²) < 4.78 is 0. The van der Waals surface area contributed by atoms with Crippen molar-refractivity contribution in [2.45, 2.75) is 39.2 Å². The predicted octanol–water partition coefficient (Wildman–Crippen LogP) is 2.01. The molecule has 4 unspecified atom stereocenters. The molecule has 3 rings (SSSR count). The van der Waals surface area contributed by atoms with Crippen LogP contribution in [0.4, 0.5) is 5.69 Å². The maximum absolute atomic E-state index is 12.4. The highest BCUT2D eigenvalue weighted by Crippen LogP contribution is 2.47. The Morgan fingerprint density at radius 1 is 1.32 bits per heavy atom. The van der Waals surface area contributed by atoms with E-state index in [0.717, 1.165) is 29.9 Å². The zero-order valence-corrected chi connectivity index (χ0v) is 11.5. The molecule has 1 aromatic heterocycles. The van der Waals surface area contributed by atoms with E-state index in [2.05, 4.69) is 10.3 Å². The molecule has 4 nitrogen and oxygen atoms in total. The third kappa shape index (κ3) is 2.14. The minimum absolute atomic E-state index is 0.0144. The smallest absolute Gasteiger partial charge is 0.229 e. The Labute approximate surface area is 113 Å². The van der Waals surface area contributed by atoms with Gasteiger partial charge in [-0.2, -0.15) is 0 Å². The Morgan fingerprint density at radius 3 is 2.68 bits per heavy atom. The molecule has 1 amide bonds. The van der Waals surface area contributed by atoms with Crippen molar-refractivity contribution >= 4 is 11.6 Å². The Morgan fingerprint density at radius 2 is 2.05 bits per heavy atom. The first-order valence-electron chi connectivity index (χ1n) is 7.07. The van der Waals surface area contributed by atoms with Gasteiger partial charge in [0.1, 0.15) is 0 Å². The second kappa shape index (κ2) is 4.60. The predicted molar refractivity (Wildman–Crippen MR) is 74.6 cm³/mol. The third-order valence-corrected chi connectivity index (χ3v) is 4.77. The summed E-state index contributed by atoms with van der Waals surface area (Å²) in [6, 6.07) is 3.88. The molecule has 0 radical (unpaired) electrons. The molecule has 0 spiro atoms. The van der Waals surface area contributed by atoms with Gasteiger partial charge in [0.25, 0.3) is 0 Å². The van der Waals surface area contributed by atoms with Crippen molar-refractivity contribution < 1.29 is 4.79 Å². The van der Waals surface area contributed by atoms with Crippen molar-refractivity contribution in [3.63, 3.8) is 0 Å². The number of aryl methyl sites for hydroxylation is 2. The van der Waals surface area contributed by atoms with Gasteiger partial charge >= 0.3 is 0 Å². The number of rotatable bonds is 2. The Bertz CT molecular complexity index is 512. The summed E-state index contributed by atoms with van der Waals surface area (Å²) in [6.45, 7) is 3.87. The zero-order valence-electron chi connectivity index (χ0n) is 11.5. The van der Waals surface area contributed by atoms with Crippen LogP contribution in [0, 0.1) is 31.6 Å². The number of fused-ring (bicyclic) bond motifs is 2. The maximum atomic E-state index is 12.4. The van der Waals surface area contributed by atoms with Gasteiger partial charge in [0.2, 0.25) is 5.91 Å². The molecule has 4 atom stereocenters. The SMILES string of the molecule is Cc1ccc(NC(=O)C2C3CCC(C3)C2N)c(C)n1. The summed E-state index contributed by atoms with van der Waals surface area (Å²) in [4.78, 5) is 16.8. The number of carbonyl (C=O) groups is 1. The molecule has 2 fully saturated rings. The second-order valence-electron chi connectivity index (χ2n) is 6.01. The molecule has 102 valence electrons. The fourth-order valence-corrected chi connectivity index (χ4v) is 3.76. The quantitative estimate of drug-likeness (QED) is 0.853. The number of hydrogen-bond acceptors (Lipinski definition) is 3. The number of nitrogens with zero attached hydrogens (tertiary/aromatic N) is 1. The first-order valence-corrected chi connectivity index (χ1v) is 7.07. The number of nitrogens with two attached hydrogens (primary N) is 1. The topological polar surface area (TPSA) is 68.0 Å². The van der Waals surface area contributed by atoms with Gasteiger partial charge in [-0.3, -0.25) is 9.78 Å². The molecule has 1 heterocycles. The molecule has 2 saturated carbocycles. The van der Waals surface area contributed by atoms with Crippen LogP contribution in [-0.2, 0) is 4.79 Å². The van der Waals surface area contributed by atoms with Crippen LogP contribution in [0.5, 0.6) is 0 Å². The average molecular weight is 259 g/mol. The lowest BCUT2D eigenvalue weighted by molar-refractivity contribution is -0.121. The van der Waals surface area contributed by atoms with Crippen LogP contribution in [-0.4, -0.2) is 16.9 Å². The highest BCUT2D eigenvalue weighted by molar-refractivity contribution is 5.94. The van der Waals surface area contributed by atoms with E-state index >= 15 is 0 Å². The van der Waals surface area contributed by atoms with Gasteiger partial charge in [0, 0.05) is 11.7 Å². The fourth-order valence-electron chi connectivity index (χ4n) is 3.76. The number of pyridine rings is 1. The van der Waals surface area contributed by atoms with Crippen LogP contribution in [0.1, 0.15) is 30.7 Å². The highest BCUT2D eigenvalue weighted by atomic mass is 16.2. The average Bonchev–Trinajstić information content (AvgIpc) is 2.93. The van der Waals surface area contributed by atoms with Crippen LogP contribution < -0.4 is 11.1 Å². The number of hydrogen-bond donors (Lipinski definition) is 2. The third-order valence-electron chi connectivity index (χ3n) is 4.77. The molecule has 0 aromatic carbocycles. The summed E-state index contributed by atoms with van der Waals surface area (Å²) in [5.74, 6) is 1.10. The molecule has 4 heteroatoms. The Kier molecular flexibility index (Phi) is 3.05. The van der Waals surface area contributed by atoms with Crippen LogP contribution in [0.15, 0.2) is 12.1 Å². The monoisotopic (exact) mass is 259 g/mol. The standard InChI is InChI=1S/C15H21N3O/c1-8-3-6-12(9(2)17-8)18-15(19)13-10-4-5-11(7-10)14(13)16/h3,6,10-11,13-14H,4-5,7,16H2,1-2H3,(H,18,19). The van der Waals surface area contributed by atoms with Crippen LogP contribution in [0.3, 0.4) is 0 Å². The molecule has 0 saturated heterocycles. The lowest BCUT2D eigenvalue weighted by Crippen LogP contribution is -2.42. The van der Waals surface area contributed by atoms with E-state index in [-0.39, 0.29) is 17.9 Å². The normalized spacial score (nSPS) is 32.6. The summed E-state index contributed by atoms with van der Waals surface area (Å²) >= 11 is 0. The maximum Gasteiger partial charge on any atom is 0.229 e. The number of carbonyl (C=O) groups excluding carboxylic acids is 1.